The zero-order valence-corrected chi connectivity index (χ0v) is 10.8. The van der Waals surface area contributed by atoms with Crippen molar-refractivity contribution in [3.8, 4) is 5.75 Å². The van der Waals surface area contributed by atoms with Crippen LogP contribution >= 0.6 is 0 Å². The highest BCUT2D eigenvalue weighted by molar-refractivity contribution is 6.40. The third kappa shape index (κ3) is 3.09. The van der Waals surface area contributed by atoms with Crippen LogP contribution in [0, 0.1) is 5.92 Å². The van der Waals surface area contributed by atoms with Crippen molar-refractivity contribution in [1.29, 1.82) is 0 Å². The number of carbonyl (C=O) groups excluding carboxylic acids is 1. The summed E-state index contributed by atoms with van der Waals surface area (Å²) < 4.78 is 5.07. The number of ether oxygens (including phenoxy) is 1. The Labute approximate surface area is 107 Å². The number of nitrogens with one attached hydrogen (secondary N) is 1. The van der Waals surface area contributed by atoms with E-state index in [0.717, 1.165) is 24.3 Å². The normalized spacial score (nSPS) is 22.0. The van der Waals surface area contributed by atoms with Crippen LogP contribution in [0.15, 0.2) is 29.4 Å². The molecule has 96 valence electrons. The average Bonchev–Trinajstić information content (AvgIpc) is 2.38. The lowest BCUT2D eigenvalue weighted by atomic mass is 9.88. The van der Waals surface area contributed by atoms with Crippen LogP contribution in [0.3, 0.4) is 0 Å². The van der Waals surface area contributed by atoms with Gasteiger partial charge in [0.05, 0.1) is 12.8 Å². The Kier molecular flexibility index (Phi) is 3.97. The minimum Gasteiger partial charge on any atom is -0.497 e. The van der Waals surface area contributed by atoms with Crippen molar-refractivity contribution in [2.75, 3.05) is 12.5 Å². The zero-order chi connectivity index (χ0) is 13.0. The maximum Gasteiger partial charge on any atom is 0.179 e. The quantitative estimate of drug-likeness (QED) is 0.834. The summed E-state index contributed by atoms with van der Waals surface area (Å²) in [5.41, 5.74) is 4.44. The number of carbonyl (C=O) groups is 1. The van der Waals surface area contributed by atoms with Gasteiger partial charge in [-0.15, -0.1) is 0 Å². The molecule has 0 aliphatic heterocycles. The number of hydrazone groups is 1. The lowest BCUT2D eigenvalue weighted by molar-refractivity contribution is -0.114. The molecule has 1 atom stereocenters. The molecule has 0 amide bonds. The van der Waals surface area contributed by atoms with Crippen molar-refractivity contribution in [3.63, 3.8) is 0 Å². The molecule has 0 saturated heterocycles. The molecule has 1 aliphatic carbocycles. The van der Waals surface area contributed by atoms with Crippen LogP contribution in [-0.2, 0) is 4.79 Å². The van der Waals surface area contributed by atoms with Crippen LogP contribution in [0.1, 0.15) is 26.2 Å². The highest BCUT2D eigenvalue weighted by Gasteiger charge is 2.21. The van der Waals surface area contributed by atoms with Crippen molar-refractivity contribution in [3.05, 3.63) is 24.3 Å². The van der Waals surface area contributed by atoms with Crippen molar-refractivity contribution in [2.24, 2.45) is 11.0 Å². The van der Waals surface area contributed by atoms with E-state index in [-0.39, 0.29) is 5.78 Å². The molecule has 1 unspecified atom stereocenters. The standard InChI is InChI=1S/C14H18N2O2/c1-10-3-8-13(14(17)9-10)16-15-11-4-6-12(18-2)7-5-11/h4-7,10,15H,3,8-9H2,1-2H3/b16-13-. The number of ketones is 1. The molecule has 1 N–H and O–H groups in total. The predicted molar refractivity (Wildman–Crippen MR) is 72.1 cm³/mol. The Bertz CT molecular complexity index is 451. The molecule has 2 rings (SSSR count). The number of methoxy groups -OCH3 is 1. The summed E-state index contributed by atoms with van der Waals surface area (Å²) in [6, 6.07) is 7.46. The maximum atomic E-state index is 11.7. The molecule has 1 fully saturated rings. The Morgan fingerprint density at radius 2 is 2.06 bits per heavy atom. The average molecular weight is 246 g/mol. The number of benzene rings is 1. The Hall–Kier alpha value is -1.84. The van der Waals surface area contributed by atoms with Gasteiger partial charge in [-0.3, -0.25) is 10.2 Å². The molecule has 0 heterocycles. The highest BCUT2D eigenvalue weighted by Crippen LogP contribution is 2.20. The molecule has 18 heavy (non-hydrogen) atoms. The van der Waals surface area contributed by atoms with Crippen molar-refractivity contribution >= 4 is 17.2 Å². The summed E-state index contributed by atoms with van der Waals surface area (Å²) in [4.78, 5) is 11.7. The van der Waals surface area contributed by atoms with Crippen LogP contribution < -0.4 is 10.2 Å². The van der Waals surface area contributed by atoms with E-state index in [1.54, 1.807) is 7.11 Å². The van der Waals surface area contributed by atoms with Crippen LogP contribution in [-0.4, -0.2) is 18.6 Å². The number of Topliss-reactive ketones (excluding diaryl/α,β-unsaturated/α-hetero) is 1. The second kappa shape index (κ2) is 5.67. The van der Waals surface area contributed by atoms with Crippen LogP contribution in [0.5, 0.6) is 5.75 Å². The van der Waals surface area contributed by atoms with Gasteiger partial charge in [0.1, 0.15) is 11.5 Å². The SMILES string of the molecule is COc1ccc(N/N=C2/CCC(C)CC2=O)cc1. The van der Waals surface area contributed by atoms with Crippen LogP contribution in [0.25, 0.3) is 0 Å². The fourth-order valence-corrected chi connectivity index (χ4v) is 1.97. The first-order valence-electron chi connectivity index (χ1n) is 6.19. The van der Waals surface area contributed by atoms with Gasteiger partial charge in [-0.05, 0) is 43.0 Å². The van der Waals surface area contributed by atoms with E-state index in [0.29, 0.717) is 18.1 Å². The fourth-order valence-electron chi connectivity index (χ4n) is 1.97. The van der Waals surface area contributed by atoms with Gasteiger partial charge in [-0.1, -0.05) is 6.92 Å². The van der Waals surface area contributed by atoms with E-state index in [4.69, 9.17) is 4.74 Å². The van der Waals surface area contributed by atoms with Crippen molar-refractivity contribution in [1.82, 2.24) is 0 Å². The monoisotopic (exact) mass is 246 g/mol. The molecule has 1 aliphatic rings. The summed E-state index contributed by atoms with van der Waals surface area (Å²) in [5, 5.41) is 4.20. The molecule has 4 heteroatoms. The van der Waals surface area contributed by atoms with E-state index in [9.17, 15) is 4.79 Å². The smallest absolute Gasteiger partial charge is 0.179 e. The van der Waals surface area contributed by atoms with Gasteiger partial charge in [0.2, 0.25) is 0 Å². The molecule has 1 aromatic carbocycles. The third-order valence-corrected chi connectivity index (χ3v) is 3.14. The van der Waals surface area contributed by atoms with Gasteiger partial charge in [0.25, 0.3) is 0 Å². The number of anilines is 1. The summed E-state index contributed by atoms with van der Waals surface area (Å²) >= 11 is 0. The molecule has 1 aromatic rings. The van der Waals surface area contributed by atoms with E-state index in [1.807, 2.05) is 24.3 Å². The van der Waals surface area contributed by atoms with E-state index in [1.165, 1.54) is 0 Å². The minimum atomic E-state index is 0.162. The summed E-state index contributed by atoms with van der Waals surface area (Å²) in [6.45, 7) is 2.10. The lowest BCUT2D eigenvalue weighted by Gasteiger charge is -2.17. The summed E-state index contributed by atoms with van der Waals surface area (Å²) in [6.07, 6.45) is 2.42. The van der Waals surface area contributed by atoms with E-state index in [2.05, 4.69) is 17.5 Å². The molecular weight excluding hydrogens is 228 g/mol. The van der Waals surface area contributed by atoms with Gasteiger partial charge < -0.3 is 4.74 Å². The first-order chi connectivity index (χ1) is 8.69. The second-order valence-corrected chi connectivity index (χ2v) is 4.67. The van der Waals surface area contributed by atoms with Crippen LogP contribution in [0.4, 0.5) is 5.69 Å². The first-order valence-corrected chi connectivity index (χ1v) is 6.19. The predicted octanol–water partition coefficient (Wildman–Crippen LogP) is 2.85. The van der Waals surface area contributed by atoms with Gasteiger partial charge in [-0.2, -0.15) is 5.10 Å². The Morgan fingerprint density at radius 1 is 1.33 bits per heavy atom. The number of hydrogen-bond acceptors (Lipinski definition) is 4. The molecule has 0 aromatic heterocycles. The number of hydrogen-bond donors (Lipinski definition) is 1. The first kappa shape index (κ1) is 12.6. The third-order valence-electron chi connectivity index (χ3n) is 3.14. The minimum absolute atomic E-state index is 0.162. The Morgan fingerprint density at radius 3 is 2.67 bits per heavy atom. The number of nitrogens with zero attached hydrogens (tertiary/aromatic N) is 1. The van der Waals surface area contributed by atoms with Crippen molar-refractivity contribution < 1.29 is 9.53 Å². The van der Waals surface area contributed by atoms with Gasteiger partial charge in [0.15, 0.2) is 5.78 Å². The van der Waals surface area contributed by atoms with E-state index < -0.39 is 0 Å². The summed E-state index contributed by atoms with van der Waals surface area (Å²) in [7, 11) is 1.63. The molecule has 0 spiro atoms. The zero-order valence-electron chi connectivity index (χ0n) is 10.8. The van der Waals surface area contributed by atoms with Crippen molar-refractivity contribution in [2.45, 2.75) is 26.2 Å². The topological polar surface area (TPSA) is 50.7 Å². The highest BCUT2D eigenvalue weighted by atomic mass is 16.5. The van der Waals surface area contributed by atoms with Crippen LogP contribution in [0.2, 0.25) is 0 Å². The fraction of sp³-hybridized carbons (Fsp3) is 0.429. The molecule has 0 bridgehead atoms. The Balaban J connectivity index is 1.99. The maximum absolute atomic E-state index is 11.7. The van der Waals surface area contributed by atoms with Gasteiger partial charge >= 0.3 is 0 Å². The van der Waals surface area contributed by atoms with Gasteiger partial charge in [0, 0.05) is 6.42 Å². The lowest BCUT2D eigenvalue weighted by Crippen LogP contribution is -2.24. The van der Waals surface area contributed by atoms with E-state index >= 15 is 0 Å². The molecule has 4 nitrogen and oxygen atoms in total. The largest absolute Gasteiger partial charge is 0.497 e. The second-order valence-electron chi connectivity index (χ2n) is 4.67. The number of rotatable bonds is 3. The molecule has 0 radical (unpaired) electrons. The van der Waals surface area contributed by atoms with Gasteiger partial charge in [-0.25, -0.2) is 0 Å². The molecule has 1 saturated carbocycles. The molecular formula is C14H18N2O2. The summed E-state index contributed by atoms with van der Waals surface area (Å²) in [5.74, 6) is 1.45.